The lowest BCUT2D eigenvalue weighted by Gasteiger charge is -2.40. The summed E-state index contributed by atoms with van der Waals surface area (Å²) in [5.74, 6) is -0.130. The van der Waals surface area contributed by atoms with E-state index in [-0.39, 0.29) is 11.6 Å². The van der Waals surface area contributed by atoms with E-state index < -0.39 is 5.60 Å². The summed E-state index contributed by atoms with van der Waals surface area (Å²) in [4.78, 5) is 11.7. The molecule has 1 rings (SSSR count). The number of rotatable bonds is 6. The molecule has 1 aliphatic heterocycles. The third-order valence-electron chi connectivity index (χ3n) is 3.96. The molecule has 1 unspecified atom stereocenters. The van der Waals surface area contributed by atoms with Gasteiger partial charge in [0.2, 0.25) is 0 Å². The van der Waals surface area contributed by atoms with Crippen LogP contribution in [0.5, 0.6) is 0 Å². The highest BCUT2D eigenvalue weighted by atomic mass is 16.6. The molecular formula is C16H31NO3. The molecule has 1 saturated heterocycles. The van der Waals surface area contributed by atoms with Gasteiger partial charge in [-0.25, -0.2) is 0 Å². The van der Waals surface area contributed by atoms with Crippen molar-refractivity contribution in [2.24, 2.45) is 0 Å². The van der Waals surface area contributed by atoms with Crippen LogP contribution in [0.15, 0.2) is 0 Å². The third kappa shape index (κ3) is 5.80. The zero-order chi connectivity index (χ0) is 15.2. The SMILES string of the molecule is CCC1(CC)CC(NCCC(=O)OC(C)(C)C)CCO1. The molecule has 4 nitrogen and oxygen atoms in total. The first-order valence-corrected chi connectivity index (χ1v) is 7.89. The van der Waals surface area contributed by atoms with Crippen LogP contribution in [0.4, 0.5) is 0 Å². The average Bonchev–Trinajstić information content (AvgIpc) is 2.37. The molecule has 1 N–H and O–H groups in total. The van der Waals surface area contributed by atoms with Crippen LogP contribution in [0.3, 0.4) is 0 Å². The number of carbonyl (C=O) groups excluding carboxylic acids is 1. The van der Waals surface area contributed by atoms with Crippen LogP contribution >= 0.6 is 0 Å². The van der Waals surface area contributed by atoms with Gasteiger partial charge in [0.25, 0.3) is 0 Å². The Morgan fingerprint density at radius 2 is 2.00 bits per heavy atom. The van der Waals surface area contributed by atoms with Gasteiger partial charge in [-0.05, 0) is 46.5 Å². The van der Waals surface area contributed by atoms with Crippen molar-refractivity contribution < 1.29 is 14.3 Å². The smallest absolute Gasteiger partial charge is 0.307 e. The van der Waals surface area contributed by atoms with E-state index in [1.807, 2.05) is 20.8 Å². The largest absolute Gasteiger partial charge is 0.460 e. The van der Waals surface area contributed by atoms with E-state index in [1.54, 1.807) is 0 Å². The summed E-state index contributed by atoms with van der Waals surface area (Å²) in [5, 5.41) is 3.48. The van der Waals surface area contributed by atoms with Gasteiger partial charge in [-0.3, -0.25) is 4.79 Å². The maximum atomic E-state index is 11.7. The maximum absolute atomic E-state index is 11.7. The van der Waals surface area contributed by atoms with E-state index in [1.165, 1.54) is 0 Å². The minimum atomic E-state index is -0.394. The summed E-state index contributed by atoms with van der Waals surface area (Å²) in [6.45, 7) is 11.6. The van der Waals surface area contributed by atoms with Crippen molar-refractivity contribution in [1.82, 2.24) is 5.32 Å². The molecule has 0 amide bonds. The molecule has 0 saturated carbocycles. The molecule has 0 spiro atoms. The molecule has 1 heterocycles. The van der Waals surface area contributed by atoms with Crippen molar-refractivity contribution in [3.8, 4) is 0 Å². The summed E-state index contributed by atoms with van der Waals surface area (Å²) in [5.41, 5.74) is -0.364. The topological polar surface area (TPSA) is 47.6 Å². The quantitative estimate of drug-likeness (QED) is 0.762. The molecule has 0 aromatic heterocycles. The van der Waals surface area contributed by atoms with E-state index >= 15 is 0 Å². The molecule has 118 valence electrons. The van der Waals surface area contributed by atoms with Crippen LogP contribution in [0, 0.1) is 0 Å². The van der Waals surface area contributed by atoms with Gasteiger partial charge >= 0.3 is 5.97 Å². The van der Waals surface area contributed by atoms with Crippen LogP contribution in [0.1, 0.15) is 66.7 Å². The number of hydrogen-bond acceptors (Lipinski definition) is 4. The summed E-state index contributed by atoms with van der Waals surface area (Å²) in [6, 6.07) is 0.450. The Morgan fingerprint density at radius 1 is 1.35 bits per heavy atom. The van der Waals surface area contributed by atoms with Crippen LogP contribution in [0.2, 0.25) is 0 Å². The van der Waals surface area contributed by atoms with Crippen LogP contribution in [0.25, 0.3) is 0 Å². The Morgan fingerprint density at radius 3 is 2.55 bits per heavy atom. The van der Waals surface area contributed by atoms with Gasteiger partial charge < -0.3 is 14.8 Å². The van der Waals surface area contributed by atoms with Gasteiger partial charge in [0.05, 0.1) is 12.0 Å². The molecule has 1 aliphatic rings. The highest BCUT2D eigenvalue weighted by Gasteiger charge is 2.34. The maximum Gasteiger partial charge on any atom is 0.307 e. The fraction of sp³-hybridized carbons (Fsp3) is 0.938. The molecule has 0 radical (unpaired) electrons. The van der Waals surface area contributed by atoms with Gasteiger partial charge in [-0.1, -0.05) is 13.8 Å². The van der Waals surface area contributed by atoms with Crippen molar-refractivity contribution in [3.63, 3.8) is 0 Å². The first-order valence-electron chi connectivity index (χ1n) is 7.89. The zero-order valence-corrected chi connectivity index (χ0v) is 13.8. The fourth-order valence-corrected chi connectivity index (χ4v) is 2.72. The van der Waals surface area contributed by atoms with Gasteiger partial charge in [-0.2, -0.15) is 0 Å². The minimum absolute atomic E-state index is 0.0296. The molecule has 0 aromatic carbocycles. The van der Waals surface area contributed by atoms with E-state index in [2.05, 4.69) is 19.2 Å². The van der Waals surface area contributed by atoms with E-state index in [4.69, 9.17) is 9.47 Å². The Bertz CT molecular complexity index is 305. The summed E-state index contributed by atoms with van der Waals surface area (Å²) in [7, 11) is 0. The van der Waals surface area contributed by atoms with E-state index in [0.717, 1.165) is 32.3 Å². The standard InChI is InChI=1S/C16H31NO3/c1-6-16(7-2)12-13(9-11-19-16)17-10-8-14(18)20-15(3,4)5/h13,17H,6-12H2,1-5H3. The number of carbonyl (C=O) groups is 1. The van der Waals surface area contributed by atoms with Gasteiger partial charge in [0.1, 0.15) is 5.60 Å². The number of ether oxygens (including phenoxy) is 2. The second kappa shape index (κ2) is 7.41. The second-order valence-corrected chi connectivity index (χ2v) is 6.72. The molecule has 4 heteroatoms. The van der Waals surface area contributed by atoms with Crippen molar-refractivity contribution in [1.29, 1.82) is 0 Å². The second-order valence-electron chi connectivity index (χ2n) is 6.72. The fourth-order valence-electron chi connectivity index (χ4n) is 2.72. The average molecular weight is 285 g/mol. The molecule has 20 heavy (non-hydrogen) atoms. The Hall–Kier alpha value is -0.610. The highest BCUT2D eigenvalue weighted by Crippen LogP contribution is 2.31. The molecule has 0 aliphatic carbocycles. The predicted molar refractivity (Wildman–Crippen MR) is 80.8 cm³/mol. The number of hydrogen-bond donors (Lipinski definition) is 1. The number of esters is 1. The lowest BCUT2D eigenvalue weighted by Crippen LogP contribution is -2.47. The van der Waals surface area contributed by atoms with Crippen LogP contribution in [-0.4, -0.2) is 36.4 Å². The predicted octanol–water partition coefficient (Wildman–Crippen LogP) is 3.05. The monoisotopic (exact) mass is 285 g/mol. The molecule has 1 atom stereocenters. The summed E-state index contributed by atoms with van der Waals surface area (Å²) >= 11 is 0. The normalized spacial score (nSPS) is 22.6. The minimum Gasteiger partial charge on any atom is -0.460 e. The zero-order valence-electron chi connectivity index (χ0n) is 13.8. The van der Waals surface area contributed by atoms with Crippen molar-refractivity contribution in [3.05, 3.63) is 0 Å². The lowest BCUT2D eigenvalue weighted by molar-refractivity contribution is -0.154. The van der Waals surface area contributed by atoms with Gasteiger partial charge in [0, 0.05) is 19.2 Å². The molecule has 0 aromatic rings. The third-order valence-corrected chi connectivity index (χ3v) is 3.96. The number of nitrogens with one attached hydrogen (secondary N) is 1. The van der Waals surface area contributed by atoms with Gasteiger partial charge in [-0.15, -0.1) is 0 Å². The Labute approximate surface area is 123 Å². The molecule has 1 fully saturated rings. The first kappa shape index (κ1) is 17.4. The van der Waals surface area contributed by atoms with Crippen LogP contribution < -0.4 is 5.32 Å². The van der Waals surface area contributed by atoms with Gasteiger partial charge in [0.15, 0.2) is 0 Å². The van der Waals surface area contributed by atoms with Crippen LogP contribution in [-0.2, 0) is 14.3 Å². The van der Waals surface area contributed by atoms with Crippen molar-refractivity contribution in [2.45, 2.75) is 84.0 Å². The Balaban J connectivity index is 2.30. The summed E-state index contributed by atoms with van der Waals surface area (Å²) < 4.78 is 11.3. The highest BCUT2D eigenvalue weighted by molar-refractivity contribution is 5.70. The lowest BCUT2D eigenvalue weighted by atomic mass is 9.86. The Kier molecular flexibility index (Phi) is 6.46. The van der Waals surface area contributed by atoms with E-state index in [0.29, 0.717) is 19.0 Å². The van der Waals surface area contributed by atoms with E-state index in [9.17, 15) is 4.79 Å². The van der Waals surface area contributed by atoms with Crippen molar-refractivity contribution >= 4 is 5.97 Å². The first-order chi connectivity index (χ1) is 9.30. The molecular weight excluding hydrogens is 254 g/mol. The summed E-state index contributed by atoms with van der Waals surface area (Å²) in [6.07, 6.45) is 4.59. The molecule has 0 bridgehead atoms. The van der Waals surface area contributed by atoms with Crippen molar-refractivity contribution in [2.75, 3.05) is 13.2 Å².